The van der Waals surface area contributed by atoms with E-state index in [9.17, 15) is 22.8 Å². The fraction of sp³-hybridized carbons (Fsp3) is 0.286. The third-order valence-corrected chi connectivity index (χ3v) is 4.98. The number of hydrogen-bond donors (Lipinski definition) is 4. The highest BCUT2D eigenvalue weighted by molar-refractivity contribution is 14.1. The standard InChI is InChI=1S/C21H22F3IN4O5/c1-11(20(31)26-2)10-34-27-9-12-7-14(21(32)29-33-6-5-30)19(18(24)17(12)23)28-16-4-3-13(25)8-15(16)22/h3-4,7-9,11,28,30H,5-6,10H2,1-2H3,(H,26,31)(H,29,32)/b27-9-. The fourth-order valence-corrected chi connectivity index (χ4v) is 3.01. The number of aliphatic hydroxyl groups is 1. The maximum atomic E-state index is 15.0. The van der Waals surface area contributed by atoms with Crippen molar-refractivity contribution in [1.82, 2.24) is 10.8 Å². The van der Waals surface area contributed by atoms with Crippen LogP contribution in [0.4, 0.5) is 24.5 Å². The number of anilines is 2. The van der Waals surface area contributed by atoms with Crippen LogP contribution in [0, 0.1) is 26.9 Å². The molecule has 0 saturated heterocycles. The van der Waals surface area contributed by atoms with Crippen LogP contribution in [0.3, 0.4) is 0 Å². The summed E-state index contributed by atoms with van der Waals surface area (Å²) in [4.78, 5) is 33.7. The van der Waals surface area contributed by atoms with Crippen molar-refractivity contribution in [1.29, 1.82) is 0 Å². The lowest BCUT2D eigenvalue weighted by Gasteiger charge is -2.15. The minimum atomic E-state index is -1.48. The lowest BCUT2D eigenvalue weighted by Crippen LogP contribution is -2.28. The van der Waals surface area contributed by atoms with Gasteiger partial charge in [-0.05, 0) is 46.9 Å². The highest BCUT2D eigenvalue weighted by atomic mass is 127. The van der Waals surface area contributed by atoms with E-state index >= 15 is 0 Å². The van der Waals surface area contributed by atoms with E-state index in [0.29, 0.717) is 3.57 Å². The summed E-state index contributed by atoms with van der Waals surface area (Å²) in [5, 5.41) is 17.1. The lowest BCUT2D eigenvalue weighted by molar-refractivity contribution is -0.125. The van der Waals surface area contributed by atoms with Crippen LogP contribution in [0.15, 0.2) is 29.4 Å². The number of benzene rings is 2. The van der Waals surface area contributed by atoms with Crippen molar-refractivity contribution in [2.45, 2.75) is 6.92 Å². The number of rotatable bonds is 11. The first-order valence-electron chi connectivity index (χ1n) is 9.83. The number of nitrogens with one attached hydrogen (secondary N) is 3. The van der Waals surface area contributed by atoms with Gasteiger partial charge in [-0.3, -0.25) is 14.4 Å². The quantitative estimate of drug-likeness (QED) is 0.138. The van der Waals surface area contributed by atoms with Gasteiger partial charge in [0.15, 0.2) is 11.6 Å². The monoisotopic (exact) mass is 594 g/mol. The third-order valence-electron chi connectivity index (χ3n) is 4.31. The van der Waals surface area contributed by atoms with Gasteiger partial charge in [0.05, 0.1) is 42.3 Å². The van der Waals surface area contributed by atoms with E-state index in [2.05, 4.69) is 15.8 Å². The molecule has 0 aliphatic rings. The summed E-state index contributed by atoms with van der Waals surface area (Å²) in [5.74, 6) is -5.46. The predicted octanol–water partition coefficient (Wildman–Crippen LogP) is 2.84. The number of aliphatic hydroxyl groups excluding tert-OH is 1. The first-order valence-corrected chi connectivity index (χ1v) is 10.9. The Balaban J connectivity index is 2.39. The van der Waals surface area contributed by atoms with Gasteiger partial charge < -0.3 is 20.6 Å². The van der Waals surface area contributed by atoms with Crippen LogP contribution in [0.25, 0.3) is 0 Å². The molecule has 34 heavy (non-hydrogen) atoms. The second-order valence-corrected chi connectivity index (χ2v) is 8.06. The van der Waals surface area contributed by atoms with Gasteiger partial charge in [-0.15, -0.1) is 0 Å². The van der Waals surface area contributed by atoms with Crippen molar-refractivity contribution in [3.05, 3.63) is 56.4 Å². The molecule has 0 fully saturated rings. The normalized spacial score (nSPS) is 11.9. The molecule has 2 aromatic rings. The van der Waals surface area contributed by atoms with E-state index in [1.165, 1.54) is 25.2 Å². The molecule has 1 unspecified atom stereocenters. The van der Waals surface area contributed by atoms with E-state index in [4.69, 9.17) is 14.8 Å². The average Bonchev–Trinajstić information content (AvgIpc) is 2.81. The number of hydroxylamine groups is 1. The smallest absolute Gasteiger partial charge is 0.277 e. The van der Waals surface area contributed by atoms with E-state index in [1.807, 2.05) is 28.1 Å². The maximum Gasteiger partial charge on any atom is 0.277 e. The highest BCUT2D eigenvalue weighted by Crippen LogP contribution is 2.30. The van der Waals surface area contributed by atoms with Gasteiger partial charge in [0.2, 0.25) is 5.91 Å². The first kappa shape index (κ1) is 27.3. The zero-order valence-electron chi connectivity index (χ0n) is 18.1. The van der Waals surface area contributed by atoms with Gasteiger partial charge in [0, 0.05) is 16.2 Å². The van der Waals surface area contributed by atoms with Crippen molar-refractivity contribution < 1.29 is 37.5 Å². The Kier molecular flexibility index (Phi) is 10.5. The summed E-state index contributed by atoms with van der Waals surface area (Å²) in [5.41, 5.74) is 0.252. The number of oxime groups is 1. The van der Waals surface area contributed by atoms with E-state index in [-0.39, 0.29) is 24.8 Å². The molecule has 0 spiro atoms. The van der Waals surface area contributed by atoms with Crippen molar-refractivity contribution in [2.75, 3.05) is 32.2 Å². The molecular weight excluding hydrogens is 572 g/mol. The van der Waals surface area contributed by atoms with Gasteiger partial charge in [-0.2, -0.15) is 0 Å². The van der Waals surface area contributed by atoms with Crippen LogP contribution in [0.1, 0.15) is 22.8 Å². The van der Waals surface area contributed by atoms with Gasteiger partial charge in [-0.1, -0.05) is 12.1 Å². The van der Waals surface area contributed by atoms with Gasteiger partial charge >= 0.3 is 0 Å². The average molecular weight is 594 g/mol. The van der Waals surface area contributed by atoms with Crippen LogP contribution in [-0.2, 0) is 14.5 Å². The molecule has 4 N–H and O–H groups in total. The number of hydrogen-bond acceptors (Lipinski definition) is 7. The van der Waals surface area contributed by atoms with Gasteiger partial charge in [-0.25, -0.2) is 18.7 Å². The Hall–Kier alpha value is -2.91. The summed E-state index contributed by atoms with van der Waals surface area (Å²) >= 11 is 1.88. The molecule has 13 heteroatoms. The van der Waals surface area contributed by atoms with Gasteiger partial charge in [0.1, 0.15) is 12.4 Å². The van der Waals surface area contributed by atoms with Crippen LogP contribution in [0.2, 0.25) is 0 Å². The number of halogens is 4. The zero-order chi connectivity index (χ0) is 25.3. The minimum absolute atomic E-state index is 0.131. The summed E-state index contributed by atoms with van der Waals surface area (Å²) in [6.45, 7) is 0.790. The number of nitrogens with zero attached hydrogens (tertiary/aromatic N) is 1. The van der Waals surface area contributed by atoms with Crippen molar-refractivity contribution in [3.8, 4) is 0 Å². The molecule has 9 nitrogen and oxygen atoms in total. The molecule has 184 valence electrons. The van der Waals surface area contributed by atoms with Crippen LogP contribution in [0.5, 0.6) is 0 Å². The topological polar surface area (TPSA) is 121 Å². The minimum Gasteiger partial charge on any atom is -0.395 e. The lowest BCUT2D eigenvalue weighted by atomic mass is 10.1. The third kappa shape index (κ3) is 7.30. The Morgan fingerprint density at radius 3 is 2.62 bits per heavy atom. The number of carbonyl (C=O) groups excluding carboxylic acids is 2. The molecule has 0 aromatic heterocycles. The molecule has 0 bridgehead atoms. The molecule has 0 radical (unpaired) electrons. The largest absolute Gasteiger partial charge is 0.395 e. The van der Waals surface area contributed by atoms with E-state index < -0.39 is 52.7 Å². The molecule has 2 aromatic carbocycles. The molecule has 0 aliphatic heterocycles. The van der Waals surface area contributed by atoms with E-state index in [1.54, 1.807) is 6.92 Å². The molecule has 2 amide bonds. The second kappa shape index (κ2) is 13.1. The first-order chi connectivity index (χ1) is 16.2. The van der Waals surface area contributed by atoms with Crippen molar-refractivity contribution >= 4 is 52.0 Å². The molecule has 2 rings (SSSR count). The Bertz CT molecular complexity index is 1070. The molecular formula is C21H22F3IN4O5. The maximum absolute atomic E-state index is 15.0. The molecule has 0 aliphatic carbocycles. The van der Waals surface area contributed by atoms with E-state index in [0.717, 1.165) is 12.3 Å². The Labute approximate surface area is 206 Å². The predicted molar refractivity (Wildman–Crippen MR) is 126 cm³/mol. The fourth-order valence-electron chi connectivity index (χ4n) is 2.55. The van der Waals surface area contributed by atoms with Crippen LogP contribution < -0.4 is 16.1 Å². The summed E-state index contributed by atoms with van der Waals surface area (Å²) in [7, 11) is 1.45. The molecule has 0 saturated carbocycles. The molecule has 1 atom stereocenters. The summed E-state index contributed by atoms with van der Waals surface area (Å²) in [6, 6.07) is 4.95. The highest BCUT2D eigenvalue weighted by Gasteiger charge is 2.23. The second-order valence-electron chi connectivity index (χ2n) is 6.81. The van der Waals surface area contributed by atoms with Crippen molar-refractivity contribution in [3.63, 3.8) is 0 Å². The van der Waals surface area contributed by atoms with Crippen LogP contribution >= 0.6 is 22.6 Å². The zero-order valence-corrected chi connectivity index (χ0v) is 20.3. The number of amides is 2. The SMILES string of the molecule is CNC(=O)C(C)CO/N=C\c1cc(C(=O)NOCCO)c(Nc2ccc(I)cc2F)c(F)c1F. The Morgan fingerprint density at radius 2 is 1.97 bits per heavy atom. The van der Waals surface area contributed by atoms with Crippen molar-refractivity contribution in [2.24, 2.45) is 11.1 Å². The summed E-state index contributed by atoms with van der Waals surface area (Å²) < 4.78 is 44.6. The Morgan fingerprint density at radius 1 is 1.24 bits per heavy atom. The molecule has 0 heterocycles. The van der Waals surface area contributed by atoms with Crippen LogP contribution in [-0.4, -0.2) is 50.0 Å². The van der Waals surface area contributed by atoms with Gasteiger partial charge in [0.25, 0.3) is 5.91 Å². The number of carbonyl (C=O) groups is 2. The summed E-state index contributed by atoms with van der Waals surface area (Å²) in [6.07, 6.45) is 0.829.